The Balaban J connectivity index is 1.76. The van der Waals surface area contributed by atoms with Crippen molar-refractivity contribution >= 4 is 5.82 Å². The monoisotopic (exact) mass is 231 g/mol. The lowest BCUT2D eigenvalue weighted by Gasteiger charge is -2.11. The lowest BCUT2D eigenvalue weighted by atomic mass is 10.1. The number of hydrogen-bond acceptors (Lipinski definition) is 5. The standard InChI is InChI=1S/C12H17N5/c1-17-5-3-10(8-17)2-4-14-12-6-11(7-13)15-9-16-12/h6,9-10H,2-5,8H2,1H3,(H,14,15,16). The molecule has 0 spiro atoms. The molecular weight excluding hydrogens is 214 g/mol. The SMILES string of the molecule is CN1CCC(CCNc2cc(C#N)ncn2)C1. The van der Waals surface area contributed by atoms with Crippen molar-refractivity contribution in [1.29, 1.82) is 5.26 Å². The highest BCUT2D eigenvalue weighted by Gasteiger charge is 2.18. The lowest BCUT2D eigenvalue weighted by molar-refractivity contribution is 0.390. The summed E-state index contributed by atoms with van der Waals surface area (Å²) in [6.45, 7) is 3.30. The van der Waals surface area contributed by atoms with Gasteiger partial charge in [-0.3, -0.25) is 0 Å². The predicted molar refractivity (Wildman–Crippen MR) is 65.5 cm³/mol. The number of anilines is 1. The number of likely N-dealkylation sites (tertiary alicyclic amines) is 1. The number of rotatable bonds is 4. The fourth-order valence-electron chi connectivity index (χ4n) is 2.18. The Morgan fingerprint density at radius 3 is 3.18 bits per heavy atom. The van der Waals surface area contributed by atoms with Gasteiger partial charge in [0, 0.05) is 19.2 Å². The predicted octanol–water partition coefficient (Wildman–Crippen LogP) is 1.10. The maximum atomic E-state index is 8.72. The minimum Gasteiger partial charge on any atom is -0.370 e. The zero-order valence-electron chi connectivity index (χ0n) is 10.1. The normalized spacial score (nSPS) is 20.1. The van der Waals surface area contributed by atoms with Gasteiger partial charge in [-0.2, -0.15) is 5.26 Å². The van der Waals surface area contributed by atoms with Crippen LogP contribution in [0.3, 0.4) is 0 Å². The molecule has 5 nitrogen and oxygen atoms in total. The molecule has 1 aliphatic rings. The molecule has 1 aliphatic heterocycles. The van der Waals surface area contributed by atoms with Gasteiger partial charge in [0.1, 0.15) is 23.9 Å². The van der Waals surface area contributed by atoms with Gasteiger partial charge in [-0.1, -0.05) is 0 Å². The molecule has 0 amide bonds. The second-order valence-electron chi connectivity index (χ2n) is 4.53. The van der Waals surface area contributed by atoms with Gasteiger partial charge >= 0.3 is 0 Å². The van der Waals surface area contributed by atoms with E-state index >= 15 is 0 Å². The average molecular weight is 231 g/mol. The number of nitriles is 1. The summed E-state index contributed by atoms with van der Waals surface area (Å²) in [5, 5.41) is 12.0. The summed E-state index contributed by atoms with van der Waals surface area (Å²) in [7, 11) is 2.16. The van der Waals surface area contributed by atoms with Crippen LogP contribution >= 0.6 is 0 Å². The third-order valence-electron chi connectivity index (χ3n) is 3.13. The van der Waals surface area contributed by atoms with Crippen molar-refractivity contribution < 1.29 is 0 Å². The summed E-state index contributed by atoms with van der Waals surface area (Å²) in [5.74, 6) is 1.52. The molecule has 0 bridgehead atoms. The minimum absolute atomic E-state index is 0.406. The molecule has 90 valence electrons. The topological polar surface area (TPSA) is 64.8 Å². The van der Waals surface area contributed by atoms with Crippen molar-refractivity contribution in [3.8, 4) is 6.07 Å². The smallest absolute Gasteiger partial charge is 0.145 e. The highest BCUT2D eigenvalue weighted by molar-refractivity contribution is 5.38. The average Bonchev–Trinajstić information content (AvgIpc) is 2.75. The Hall–Kier alpha value is -1.67. The molecule has 1 aromatic rings. The number of nitrogens with one attached hydrogen (secondary N) is 1. The van der Waals surface area contributed by atoms with Crippen LogP contribution < -0.4 is 5.32 Å². The van der Waals surface area contributed by atoms with Gasteiger partial charge in [0.2, 0.25) is 0 Å². The summed E-state index contributed by atoms with van der Waals surface area (Å²) < 4.78 is 0. The van der Waals surface area contributed by atoms with Crippen LogP contribution in [0, 0.1) is 17.2 Å². The van der Waals surface area contributed by atoms with Crippen LogP contribution in [0.1, 0.15) is 18.5 Å². The van der Waals surface area contributed by atoms with Gasteiger partial charge in [-0.05, 0) is 32.4 Å². The maximum absolute atomic E-state index is 8.72. The zero-order chi connectivity index (χ0) is 12.1. The molecular formula is C12H17N5. The van der Waals surface area contributed by atoms with Gasteiger partial charge in [0.05, 0.1) is 0 Å². The van der Waals surface area contributed by atoms with Crippen LogP contribution in [0.15, 0.2) is 12.4 Å². The molecule has 1 fully saturated rings. The van der Waals surface area contributed by atoms with Gasteiger partial charge in [0.25, 0.3) is 0 Å². The van der Waals surface area contributed by atoms with E-state index in [1.165, 1.54) is 25.8 Å². The van der Waals surface area contributed by atoms with Crippen LogP contribution in [0.4, 0.5) is 5.82 Å². The van der Waals surface area contributed by atoms with Crippen molar-refractivity contribution in [2.45, 2.75) is 12.8 Å². The van der Waals surface area contributed by atoms with E-state index in [1.807, 2.05) is 6.07 Å². The molecule has 0 radical (unpaired) electrons. The molecule has 1 aromatic heterocycles. The molecule has 1 unspecified atom stereocenters. The maximum Gasteiger partial charge on any atom is 0.145 e. The van der Waals surface area contributed by atoms with Crippen LogP contribution in [0.25, 0.3) is 0 Å². The Morgan fingerprint density at radius 1 is 1.59 bits per heavy atom. The Morgan fingerprint density at radius 2 is 2.47 bits per heavy atom. The zero-order valence-corrected chi connectivity index (χ0v) is 10.1. The largest absolute Gasteiger partial charge is 0.370 e. The summed E-state index contributed by atoms with van der Waals surface area (Å²) in [4.78, 5) is 10.3. The van der Waals surface area contributed by atoms with Gasteiger partial charge in [-0.15, -0.1) is 0 Å². The van der Waals surface area contributed by atoms with Crippen molar-refractivity contribution in [1.82, 2.24) is 14.9 Å². The Bertz CT molecular complexity index is 412. The summed E-state index contributed by atoms with van der Waals surface area (Å²) in [5.41, 5.74) is 0.406. The van der Waals surface area contributed by atoms with Crippen molar-refractivity contribution in [2.75, 3.05) is 32.0 Å². The first-order chi connectivity index (χ1) is 8.28. The third kappa shape index (κ3) is 3.40. The van der Waals surface area contributed by atoms with Crippen LogP contribution in [-0.4, -0.2) is 41.5 Å². The van der Waals surface area contributed by atoms with E-state index in [4.69, 9.17) is 5.26 Å². The summed E-state index contributed by atoms with van der Waals surface area (Å²) >= 11 is 0. The van der Waals surface area contributed by atoms with E-state index in [0.29, 0.717) is 5.69 Å². The van der Waals surface area contributed by atoms with E-state index < -0.39 is 0 Å². The van der Waals surface area contributed by atoms with Crippen LogP contribution in [-0.2, 0) is 0 Å². The molecule has 2 rings (SSSR count). The van der Waals surface area contributed by atoms with Crippen molar-refractivity contribution in [2.24, 2.45) is 5.92 Å². The van der Waals surface area contributed by atoms with Gasteiger partial charge in [-0.25, -0.2) is 9.97 Å². The van der Waals surface area contributed by atoms with Gasteiger partial charge < -0.3 is 10.2 Å². The molecule has 0 aliphatic carbocycles. The first-order valence-electron chi connectivity index (χ1n) is 5.92. The highest BCUT2D eigenvalue weighted by Crippen LogP contribution is 2.17. The Labute approximate surface area is 101 Å². The molecule has 1 atom stereocenters. The number of aromatic nitrogens is 2. The summed E-state index contributed by atoms with van der Waals surface area (Å²) in [6, 6.07) is 3.69. The minimum atomic E-state index is 0.406. The molecule has 0 aromatic carbocycles. The molecule has 1 saturated heterocycles. The highest BCUT2D eigenvalue weighted by atomic mass is 15.1. The molecule has 0 saturated carbocycles. The lowest BCUT2D eigenvalue weighted by Crippen LogP contribution is -2.16. The number of nitrogens with zero attached hydrogens (tertiary/aromatic N) is 4. The first kappa shape index (κ1) is 11.8. The second kappa shape index (κ2) is 5.60. The van der Waals surface area contributed by atoms with E-state index in [-0.39, 0.29) is 0 Å². The summed E-state index contributed by atoms with van der Waals surface area (Å²) in [6.07, 6.45) is 3.85. The molecule has 2 heterocycles. The fraction of sp³-hybridized carbons (Fsp3) is 0.583. The van der Waals surface area contributed by atoms with Crippen molar-refractivity contribution in [3.05, 3.63) is 18.1 Å². The van der Waals surface area contributed by atoms with Gasteiger partial charge in [0.15, 0.2) is 0 Å². The first-order valence-corrected chi connectivity index (χ1v) is 5.92. The van der Waals surface area contributed by atoms with E-state index in [0.717, 1.165) is 24.7 Å². The van der Waals surface area contributed by atoms with Crippen molar-refractivity contribution in [3.63, 3.8) is 0 Å². The van der Waals surface area contributed by atoms with Crippen LogP contribution in [0.2, 0.25) is 0 Å². The number of hydrogen-bond donors (Lipinski definition) is 1. The van der Waals surface area contributed by atoms with E-state index in [1.54, 1.807) is 6.07 Å². The third-order valence-corrected chi connectivity index (χ3v) is 3.13. The van der Waals surface area contributed by atoms with Crippen LogP contribution in [0.5, 0.6) is 0 Å². The molecule has 17 heavy (non-hydrogen) atoms. The van der Waals surface area contributed by atoms with E-state index in [9.17, 15) is 0 Å². The second-order valence-corrected chi connectivity index (χ2v) is 4.53. The Kier molecular flexibility index (Phi) is 3.89. The molecule has 5 heteroatoms. The fourth-order valence-corrected chi connectivity index (χ4v) is 2.18. The van der Waals surface area contributed by atoms with E-state index in [2.05, 4.69) is 27.2 Å². The molecule has 1 N–H and O–H groups in total. The quantitative estimate of drug-likeness (QED) is 0.840.